The van der Waals surface area contributed by atoms with E-state index in [0.717, 1.165) is 22.6 Å². The zero-order valence-electron chi connectivity index (χ0n) is 16.4. The van der Waals surface area contributed by atoms with Crippen LogP contribution in [0.5, 0.6) is 0 Å². The van der Waals surface area contributed by atoms with Gasteiger partial charge in [-0.1, -0.05) is 24.3 Å². The number of carbonyl (C=O) groups excluding carboxylic acids is 1. The number of benzene rings is 2. The topological polar surface area (TPSA) is 72.3 Å². The van der Waals surface area contributed by atoms with Crippen molar-refractivity contribution in [3.8, 4) is 11.1 Å². The highest BCUT2D eigenvalue weighted by Crippen LogP contribution is 2.23. The van der Waals surface area contributed by atoms with Gasteiger partial charge in [-0.05, 0) is 35.4 Å². The Kier molecular flexibility index (Phi) is 6.39. The van der Waals surface area contributed by atoms with E-state index in [4.69, 9.17) is 4.74 Å². The molecule has 0 saturated carbocycles. The second-order valence-electron chi connectivity index (χ2n) is 6.50. The summed E-state index contributed by atoms with van der Waals surface area (Å²) in [4.78, 5) is 14.6. The first-order valence-corrected chi connectivity index (χ1v) is 9.11. The summed E-state index contributed by atoms with van der Waals surface area (Å²) < 4.78 is 7.00. The van der Waals surface area contributed by atoms with Gasteiger partial charge in [-0.25, -0.2) is 0 Å². The van der Waals surface area contributed by atoms with Crippen LogP contribution in [0.15, 0.2) is 54.9 Å². The van der Waals surface area contributed by atoms with Crippen LogP contribution < -0.4 is 5.32 Å². The van der Waals surface area contributed by atoms with E-state index in [9.17, 15) is 4.79 Å². The average Bonchev–Trinajstić information content (AvgIpc) is 3.18. The number of methoxy groups -OCH3 is 1. The minimum absolute atomic E-state index is 0.0602. The predicted molar refractivity (Wildman–Crippen MR) is 109 cm³/mol. The summed E-state index contributed by atoms with van der Waals surface area (Å²) in [7, 11) is 5.31. The molecule has 3 aromatic rings. The van der Waals surface area contributed by atoms with E-state index in [1.54, 1.807) is 25.4 Å². The first kappa shape index (κ1) is 19.6. The number of nitrogens with zero attached hydrogens (tertiary/aromatic N) is 4. The number of carbonyl (C=O) groups is 1. The number of nitrogens with one attached hydrogen (secondary N) is 1. The molecular formula is C21H25N5O2. The SMILES string of the molecule is CNc1ccc(-c2cccc(C(=O)N(C)Cc3nncn3CCOC)c2)cc1. The minimum atomic E-state index is -0.0602. The highest BCUT2D eigenvalue weighted by Gasteiger charge is 2.15. The summed E-state index contributed by atoms with van der Waals surface area (Å²) in [5.41, 5.74) is 3.76. The Hall–Kier alpha value is -3.19. The first-order valence-electron chi connectivity index (χ1n) is 9.11. The number of aromatic nitrogens is 3. The van der Waals surface area contributed by atoms with Gasteiger partial charge >= 0.3 is 0 Å². The fourth-order valence-corrected chi connectivity index (χ4v) is 2.94. The molecule has 7 heteroatoms. The second kappa shape index (κ2) is 9.14. The van der Waals surface area contributed by atoms with Crippen LogP contribution in [0.1, 0.15) is 16.2 Å². The van der Waals surface area contributed by atoms with Gasteiger partial charge in [-0.3, -0.25) is 4.79 Å². The molecule has 1 amide bonds. The lowest BCUT2D eigenvalue weighted by Crippen LogP contribution is -2.28. The van der Waals surface area contributed by atoms with Gasteiger partial charge < -0.3 is 19.5 Å². The number of amides is 1. The molecular weight excluding hydrogens is 354 g/mol. The van der Waals surface area contributed by atoms with Crippen LogP contribution in [0.2, 0.25) is 0 Å². The second-order valence-corrected chi connectivity index (χ2v) is 6.50. The van der Waals surface area contributed by atoms with E-state index < -0.39 is 0 Å². The molecule has 0 saturated heterocycles. The lowest BCUT2D eigenvalue weighted by molar-refractivity contribution is 0.0779. The maximum absolute atomic E-state index is 12.9. The van der Waals surface area contributed by atoms with E-state index in [1.165, 1.54) is 0 Å². The average molecular weight is 379 g/mol. The molecule has 7 nitrogen and oxygen atoms in total. The van der Waals surface area contributed by atoms with Gasteiger partial charge in [0.1, 0.15) is 6.33 Å². The van der Waals surface area contributed by atoms with Crippen molar-refractivity contribution >= 4 is 11.6 Å². The van der Waals surface area contributed by atoms with Crippen LogP contribution in [-0.2, 0) is 17.8 Å². The van der Waals surface area contributed by atoms with Crippen molar-refractivity contribution in [3.63, 3.8) is 0 Å². The quantitative estimate of drug-likeness (QED) is 0.652. The number of hydrogen-bond donors (Lipinski definition) is 1. The van der Waals surface area contributed by atoms with Crippen LogP contribution in [0.4, 0.5) is 5.69 Å². The van der Waals surface area contributed by atoms with Gasteiger partial charge in [0.25, 0.3) is 5.91 Å². The standard InChI is InChI=1S/C21H25N5O2/c1-22-19-9-7-16(8-10-19)17-5-4-6-18(13-17)21(27)25(2)14-20-24-23-15-26(20)11-12-28-3/h4-10,13,15,22H,11-12,14H2,1-3H3. The molecule has 1 N–H and O–H groups in total. The van der Waals surface area contributed by atoms with Crippen LogP contribution >= 0.6 is 0 Å². The summed E-state index contributed by atoms with van der Waals surface area (Å²) in [5, 5.41) is 11.2. The smallest absolute Gasteiger partial charge is 0.254 e. The Morgan fingerprint density at radius 1 is 1.18 bits per heavy atom. The van der Waals surface area contributed by atoms with Gasteiger partial charge in [-0.15, -0.1) is 10.2 Å². The monoisotopic (exact) mass is 379 g/mol. The molecule has 0 fully saturated rings. The maximum atomic E-state index is 12.9. The summed E-state index contributed by atoms with van der Waals surface area (Å²) in [6, 6.07) is 15.8. The fourth-order valence-electron chi connectivity index (χ4n) is 2.94. The van der Waals surface area contributed by atoms with Crippen LogP contribution in [0.3, 0.4) is 0 Å². The van der Waals surface area contributed by atoms with Gasteiger partial charge in [-0.2, -0.15) is 0 Å². The number of anilines is 1. The summed E-state index contributed by atoms with van der Waals surface area (Å²) >= 11 is 0. The molecule has 0 atom stereocenters. The Balaban J connectivity index is 1.74. The number of hydrogen-bond acceptors (Lipinski definition) is 5. The van der Waals surface area contributed by atoms with Crippen molar-refractivity contribution in [2.45, 2.75) is 13.1 Å². The van der Waals surface area contributed by atoms with Crippen molar-refractivity contribution in [2.75, 3.05) is 33.1 Å². The molecule has 1 aromatic heterocycles. The third-order valence-electron chi connectivity index (χ3n) is 4.57. The lowest BCUT2D eigenvalue weighted by Gasteiger charge is -2.18. The maximum Gasteiger partial charge on any atom is 0.254 e. The Bertz CT molecular complexity index is 921. The van der Waals surface area contributed by atoms with E-state index >= 15 is 0 Å². The van der Waals surface area contributed by atoms with Gasteiger partial charge in [0.05, 0.1) is 13.2 Å². The molecule has 28 heavy (non-hydrogen) atoms. The van der Waals surface area contributed by atoms with E-state index in [1.807, 2.05) is 60.1 Å². The molecule has 1 heterocycles. The van der Waals surface area contributed by atoms with Crippen LogP contribution in [0, 0.1) is 0 Å². The Morgan fingerprint density at radius 3 is 2.68 bits per heavy atom. The van der Waals surface area contributed by atoms with E-state index in [0.29, 0.717) is 25.3 Å². The zero-order chi connectivity index (χ0) is 19.9. The number of rotatable bonds is 8. The van der Waals surface area contributed by atoms with Gasteiger partial charge in [0.15, 0.2) is 5.82 Å². The van der Waals surface area contributed by atoms with Crippen molar-refractivity contribution in [2.24, 2.45) is 0 Å². The van der Waals surface area contributed by atoms with Crippen molar-refractivity contribution < 1.29 is 9.53 Å². The van der Waals surface area contributed by atoms with E-state index in [-0.39, 0.29) is 5.91 Å². The number of ether oxygens (including phenoxy) is 1. The lowest BCUT2D eigenvalue weighted by atomic mass is 10.0. The largest absolute Gasteiger partial charge is 0.388 e. The Labute approximate surface area is 165 Å². The van der Waals surface area contributed by atoms with Crippen molar-refractivity contribution in [1.29, 1.82) is 0 Å². The van der Waals surface area contributed by atoms with Crippen molar-refractivity contribution in [1.82, 2.24) is 19.7 Å². The molecule has 0 spiro atoms. The summed E-state index contributed by atoms with van der Waals surface area (Å²) in [5.74, 6) is 0.668. The molecule has 3 rings (SSSR count). The first-order chi connectivity index (χ1) is 13.6. The third-order valence-corrected chi connectivity index (χ3v) is 4.57. The molecule has 0 unspecified atom stereocenters. The molecule has 146 valence electrons. The van der Waals surface area contributed by atoms with E-state index in [2.05, 4.69) is 15.5 Å². The molecule has 0 bridgehead atoms. The van der Waals surface area contributed by atoms with Crippen LogP contribution in [0.25, 0.3) is 11.1 Å². The van der Waals surface area contributed by atoms with Gasteiger partial charge in [0.2, 0.25) is 0 Å². The third kappa shape index (κ3) is 4.55. The zero-order valence-corrected chi connectivity index (χ0v) is 16.4. The molecule has 0 aliphatic carbocycles. The van der Waals surface area contributed by atoms with Crippen molar-refractivity contribution in [3.05, 3.63) is 66.2 Å². The summed E-state index contributed by atoms with van der Waals surface area (Å²) in [6.45, 7) is 1.60. The molecule has 2 aromatic carbocycles. The normalized spacial score (nSPS) is 10.7. The highest BCUT2D eigenvalue weighted by molar-refractivity contribution is 5.95. The summed E-state index contributed by atoms with van der Waals surface area (Å²) in [6.07, 6.45) is 1.65. The molecule has 0 aliphatic heterocycles. The Morgan fingerprint density at radius 2 is 1.96 bits per heavy atom. The van der Waals surface area contributed by atoms with Gasteiger partial charge in [0, 0.05) is 39.0 Å². The fraction of sp³-hybridized carbons (Fsp3) is 0.286. The van der Waals surface area contributed by atoms with Crippen LogP contribution in [-0.4, -0.2) is 53.4 Å². The molecule has 0 radical (unpaired) electrons. The highest BCUT2D eigenvalue weighted by atomic mass is 16.5. The molecule has 0 aliphatic rings. The predicted octanol–water partition coefficient (Wildman–Crippen LogP) is 2.91. The minimum Gasteiger partial charge on any atom is -0.388 e.